The van der Waals surface area contributed by atoms with Gasteiger partial charge in [-0.2, -0.15) is 0 Å². The van der Waals surface area contributed by atoms with E-state index in [-0.39, 0.29) is 42.5 Å². The van der Waals surface area contributed by atoms with Crippen LogP contribution in [0.2, 0.25) is 0 Å². The van der Waals surface area contributed by atoms with E-state index in [2.05, 4.69) is 0 Å². The molecule has 0 saturated carbocycles. The smallest absolute Gasteiger partial charge is 0.310 e. The van der Waals surface area contributed by atoms with Crippen molar-refractivity contribution in [3.05, 3.63) is 29.6 Å². The molecule has 1 aromatic carbocycles. The normalized spacial score (nSPS) is 22.9. The number of carbonyl (C=O) groups excluding carboxylic acids is 3. The van der Waals surface area contributed by atoms with Crippen LogP contribution in [0.1, 0.15) is 31.7 Å². The van der Waals surface area contributed by atoms with Crippen LogP contribution in [0.5, 0.6) is 0 Å². The third kappa shape index (κ3) is 4.12. The number of esters is 1. The Bertz CT molecular complexity index is 751. The zero-order chi connectivity index (χ0) is 19.6. The molecule has 2 aliphatic heterocycles. The van der Waals surface area contributed by atoms with Crippen LogP contribution < -0.4 is 4.90 Å². The maximum Gasteiger partial charge on any atom is 0.310 e. The average molecular weight is 376 g/mol. The predicted octanol–water partition coefficient (Wildman–Crippen LogP) is 2.29. The van der Waals surface area contributed by atoms with Crippen molar-refractivity contribution in [3.8, 4) is 0 Å². The van der Waals surface area contributed by atoms with E-state index >= 15 is 0 Å². The van der Waals surface area contributed by atoms with Gasteiger partial charge in [-0.3, -0.25) is 14.4 Å². The van der Waals surface area contributed by atoms with Gasteiger partial charge in [0.2, 0.25) is 11.8 Å². The first-order valence-electron chi connectivity index (χ1n) is 9.42. The molecule has 0 aliphatic carbocycles. The van der Waals surface area contributed by atoms with E-state index in [1.807, 2.05) is 0 Å². The van der Waals surface area contributed by atoms with Crippen LogP contribution >= 0.6 is 0 Å². The van der Waals surface area contributed by atoms with Crippen LogP contribution in [0.4, 0.5) is 10.1 Å². The number of ether oxygens (including phenoxy) is 1. The van der Waals surface area contributed by atoms with Crippen LogP contribution in [-0.2, 0) is 19.1 Å². The molecule has 2 unspecified atom stereocenters. The van der Waals surface area contributed by atoms with E-state index in [1.54, 1.807) is 30.9 Å². The maximum absolute atomic E-state index is 13.8. The van der Waals surface area contributed by atoms with Crippen molar-refractivity contribution < 1.29 is 23.5 Å². The minimum absolute atomic E-state index is 0.106. The lowest BCUT2D eigenvalue weighted by Gasteiger charge is -2.33. The van der Waals surface area contributed by atoms with Gasteiger partial charge >= 0.3 is 5.97 Å². The standard InChI is InChI=1S/C20H25FN2O4/c1-3-27-20(26)14-5-4-8-22(11-14)19(25)15-9-18(24)23(12-15)16-7-6-13(2)17(21)10-16/h6-7,10,14-15H,3-5,8-9,11-12H2,1-2H3. The summed E-state index contributed by atoms with van der Waals surface area (Å²) in [6.45, 7) is 4.90. The van der Waals surface area contributed by atoms with Gasteiger partial charge in [-0.05, 0) is 44.4 Å². The maximum atomic E-state index is 13.8. The molecule has 2 amide bonds. The summed E-state index contributed by atoms with van der Waals surface area (Å²) in [4.78, 5) is 40.4. The molecule has 2 aliphatic rings. The molecule has 0 spiro atoms. The Balaban J connectivity index is 1.66. The molecule has 2 atom stereocenters. The summed E-state index contributed by atoms with van der Waals surface area (Å²) in [5.74, 6) is -1.72. The number of anilines is 1. The minimum Gasteiger partial charge on any atom is -0.466 e. The van der Waals surface area contributed by atoms with Crippen LogP contribution in [0.25, 0.3) is 0 Å². The number of carbonyl (C=O) groups is 3. The lowest BCUT2D eigenvalue weighted by Crippen LogP contribution is -2.45. The summed E-state index contributed by atoms with van der Waals surface area (Å²) in [5, 5.41) is 0. The molecule has 3 rings (SSSR count). The van der Waals surface area contributed by atoms with Crippen molar-refractivity contribution in [2.24, 2.45) is 11.8 Å². The first kappa shape index (κ1) is 19.3. The molecule has 1 aromatic rings. The van der Waals surface area contributed by atoms with Crippen LogP contribution in [-0.4, -0.2) is 48.9 Å². The van der Waals surface area contributed by atoms with E-state index in [0.29, 0.717) is 37.4 Å². The fourth-order valence-corrected chi connectivity index (χ4v) is 3.76. The van der Waals surface area contributed by atoms with Crippen molar-refractivity contribution in [2.45, 2.75) is 33.1 Å². The Hall–Kier alpha value is -2.44. The number of hydrogen-bond acceptors (Lipinski definition) is 4. The first-order chi connectivity index (χ1) is 12.9. The second-order valence-electron chi connectivity index (χ2n) is 7.21. The fraction of sp³-hybridized carbons (Fsp3) is 0.550. The topological polar surface area (TPSA) is 66.9 Å². The lowest BCUT2D eigenvalue weighted by molar-refractivity contribution is -0.152. The Kier molecular flexibility index (Phi) is 5.77. The molecule has 7 heteroatoms. The van der Waals surface area contributed by atoms with Gasteiger partial charge in [0.05, 0.1) is 18.4 Å². The average Bonchev–Trinajstić information content (AvgIpc) is 3.05. The number of benzene rings is 1. The third-order valence-electron chi connectivity index (χ3n) is 5.29. The summed E-state index contributed by atoms with van der Waals surface area (Å²) >= 11 is 0. The van der Waals surface area contributed by atoms with Gasteiger partial charge in [0.1, 0.15) is 5.82 Å². The van der Waals surface area contributed by atoms with Gasteiger partial charge in [-0.15, -0.1) is 0 Å². The second-order valence-corrected chi connectivity index (χ2v) is 7.21. The number of halogens is 1. The number of hydrogen-bond donors (Lipinski definition) is 0. The summed E-state index contributed by atoms with van der Waals surface area (Å²) in [6.07, 6.45) is 1.55. The predicted molar refractivity (Wildman–Crippen MR) is 97.5 cm³/mol. The van der Waals surface area contributed by atoms with E-state index < -0.39 is 5.92 Å². The zero-order valence-corrected chi connectivity index (χ0v) is 15.7. The van der Waals surface area contributed by atoms with E-state index in [0.717, 1.165) is 6.42 Å². The number of aryl methyl sites for hydroxylation is 1. The quantitative estimate of drug-likeness (QED) is 0.757. The van der Waals surface area contributed by atoms with Crippen molar-refractivity contribution in [1.29, 1.82) is 0 Å². The van der Waals surface area contributed by atoms with Crippen molar-refractivity contribution in [2.75, 3.05) is 31.1 Å². The van der Waals surface area contributed by atoms with Crippen LogP contribution in [0.3, 0.4) is 0 Å². The molecule has 2 fully saturated rings. The molecular formula is C20H25FN2O4. The summed E-state index contributed by atoms with van der Waals surface area (Å²) < 4.78 is 18.9. The number of piperidine rings is 1. The molecule has 0 N–H and O–H groups in total. The van der Waals surface area contributed by atoms with Crippen LogP contribution in [0, 0.1) is 24.6 Å². The Morgan fingerprint density at radius 2 is 2.04 bits per heavy atom. The largest absolute Gasteiger partial charge is 0.466 e. The van der Waals surface area contributed by atoms with E-state index in [4.69, 9.17) is 4.74 Å². The van der Waals surface area contributed by atoms with E-state index in [1.165, 1.54) is 11.0 Å². The summed E-state index contributed by atoms with van der Waals surface area (Å²) in [5.41, 5.74) is 0.984. The van der Waals surface area contributed by atoms with Gasteiger partial charge in [0, 0.05) is 31.7 Å². The molecule has 0 bridgehead atoms. The van der Waals surface area contributed by atoms with Gasteiger partial charge in [-0.1, -0.05) is 6.07 Å². The molecular weight excluding hydrogens is 351 g/mol. The van der Waals surface area contributed by atoms with Gasteiger partial charge < -0.3 is 14.5 Å². The third-order valence-corrected chi connectivity index (χ3v) is 5.29. The number of nitrogens with zero attached hydrogens (tertiary/aromatic N) is 2. The minimum atomic E-state index is -0.470. The Morgan fingerprint density at radius 1 is 1.26 bits per heavy atom. The molecule has 146 valence electrons. The molecule has 6 nitrogen and oxygen atoms in total. The molecule has 2 saturated heterocycles. The van der Waals surface area contributed by atoms with Gasteiger partial charge in [-0.25, -0.2) is 4.39 Å². The SMILES string of the molecule is CCOC(=O)C1CCCN(C(=O)C2CC(=O)N(c3ccc(C)c(F)c3)C2)C1. The number of amides is 2. The molecule has 0 aromatic heterocycles. The Labute approximate surface area is 158 Å². The van der Waals surface area contributed by atoms with Crippen molar-refractivity contribution in [3.63, 3.8) is 0 Å². The molecule has 2 heterocycles. The van der Waals surface area contributed by atoms with Crippen LogP contribution in [0.15, 0.2) is 18.2 Å². The second kappa shape index (κ2) is 8.06. The van der Waals surface area contributed by atoms with Crippen molar-refractivity contribution in [1.82, 2.24) is 4.90 Å². The lowest BCUT2D eigenvalue weighted by atomic mass is 9.96. The Morgan fingerprint density at radius 3 is 2.74 bits per heavy atom. The molecule has 0 radical (unpaired) electrons. The van der Waals surface area contributed by atoms with Gasteiger partial charge in [0.15, 0.2) is 0 Å². The zero-order valence-electron chi connectivity index (χ0n) is 15.7. The van der Waals surface area contributed by atoms with E-state index in [9.17, 15) is 18.8 Å². The first-order valence-corrected chi connectivity index (χ1v) is 9.42. The van der Waals surface area contributed by atoms with Gasteiger partial charge in [0.25, 0.3) is 0 Å². The fourth-order valence-electron chi connectivity index (χ4n) is 3.76. The highest BCUT2D eigenvalue weighted by Crippen LogP contribution is 2.29. The summed E-state index contributed by atoms with van der Waals surface area (Å²) in [6, 6.07) is 4.65. The monoisotopic (exact) mass is 376 g/mol. The highest BCUT2D eigenvalue weighted by molar-refractivity contribution is 6.00. The highest BCUT2D eigenvalue weighted by atomic mass is 19.1. The highest BCUT2D eigenvalue weighted by Gasteiger charge is 2.39. The molecule has 27 heavy (non-hydrogen) atoms. The summed E-state index contributed by atoms with van der Waals surface area (Å²) in [7, 11) is 0. The number of likely N-dealkylation sites (tertiary alicyclic amines) is 1. The number of rotatable bonds is 4. The van der Waals surface area contributed by atoms with Crippen molar-refractivity contribution >= 4 is 23.5 Å².